The fraction of sp³-hybridized carbons (Fsp3) is 0.375. The molecule has 2 aliphatic rings. The summed E-state index contributed by atoms with van der Waals surface area (Å²) in [6.45, 7) is 3.13. The molecule has 10 heteroatoms. The van der Waals surface area contributed by atoms with Gasteiger partial charge in [0, 0.05) is 22.4 Å². The van der Waals surface area contributed by atoms with Crippen LogP contribution in [0.5, 0.6) is 5.75 Å². The van der Waals surface area contributed by atoms with Gasteiger partial charge in [0.05, 0.1) is 18.7 Å². The highest BCUT2D eigenvalue weighted by Gasteiger charge is 2.23. The van der Waals surface area contributed by atoms with Crippen molar-refractivity contribution in [1.82, 2.24) is 4.72 Å². The maximum Gasteiger partial charge on any atom is 0.342 e. The number of nitrogens with one attached hydrogen (secondary N) is 1. The van der Waals surface area contributed by atoms with Gasteiger partial charge >= 0.3 is 16.2 Å². The van der Waals surface area contributed by atoms with Crippen LogP contribution in [0.1, 0.15) is 31.4 Å². The minimum Gasteiger partial charge on any atom is -0.467 e. The van der Waals surface area contributed by atoms with Crippen molar-refractivity contribution in [2.75, 3.05) is 6.79 Å². The molecule has 140 valence electrons. The van der Waals surface area contributed by atoms with Gasteiger partial charge in [-0.1, -0.05) is 0 Å². The SMILES string of the molecule is CC1=NS(=O)(=O)NC(C)=C1CC(=O)OCc1cc(F)cc2c1OCOC2. The van der Waals surface area contributed by atoms with Gasteiger partial charge in [-0.3, -0.25) is 9.52 Å². The monoisotopic (exact) mass is 384 g/mol. The molecule has 0 radical (unpaired) electrons. The van der Waals surface area contributed by atoms with Gasteiger partial charge in [-0.15, -0.1) is 4.40 Å². The Kier molecular flexibility index (Phi) is 4.97. The molecular formula is C16H17FN2O6S. The zero-order valence-electron chi connectivity index (χ0n) is 14.2. The van der Waals surface area contributed by atoms with Gasteiger partial charge in [0.1, 0.15) is 18.2 Å². The maximum atomic E-state index is 13.7. The number of carbonyl (C=O) groups excluding carboxylic acids is 1. The zero-order valence-corrected chi connectivity index (χ0v) is 15.0. The smallest absolute Gasteiger partial charge is 0.342 e. The van der Waals surface area contributed by atoms with Crippen molar-refractivity contribution in [3.8, 4) is 5.75 Å². The molecule has 0 unspecified atom stereocenters. The fourth-order valence-corrected chi connectivity index (χ4v) is 3.79. The molecule has 0 bridgehead atoms. The lowest BCUT2D eigenvalue weighted by atomic mass is 10.1. The van der Waals surface area contributed by atoms with Crippen LogP contribution in [0.3, 0.4) is 0 Å². The fourth-order valence-electron chi connectivity index (χ4n) is 2.76. The zero-order chi connectivity index (χ0) is 18.9. The van der Waals surface area contributed by atoms with Crippen LogP contribution in [0, 0.1) is 5.82 Å². The van der Waals surface area contributed by atoms with E-state index < -0.39 is 22.0 Å². The Morgan fingerprint density at radius 3 is 2.88 bits per heavy atom. The Labute approximate surface area is 149 Å². The Hall–Kier alpha value is -2.46. The van der Waals surface area contributed by atoms with Crippen LogP contribution in [0.25, 0.3) is 0 Å². The van der Waals surface area contributed by atoms with Crippen molar-refractivity contribution in [2.24, 2.45) is 4.40 Å². The predicted molar refractivity (Wildman–Crippen MR) is 89.0 cm³/mol. The first-order chi connectivity index (χ1) is 12.2. The van der Waals surface area contributed by atoms with E-state index in [-0.39, 0.29) is 32.1 Å². The second kappa shape index (κ2) is 7.04. The number of carbonyl (C=O) groups is 1. The lowest BCUT2D eigenvalue weighted by Crippen LogP contribution is -2.28. The summed E-state index contributed by atoms with van der Waals surface area (Å²) in [7, 11) is -3.76. The molecule has 0 fully saturated rings. The van der Waals surface area contributed by atoms with Gasteiger partial charge in [-0.25, -0.2) is 4.39 Å². The lowest BCUT2D eigenvalue weighted by molar-refractivity contribution is -0.144. The average Bonchev–Trinajstić information content (AvgIpc) is 2.55. The van der Waals surface area contributed by atoms with E-state index in [4.69, 9.17) is 14.2 Å². The molecule has 0 saturated carbocycles. The second-order valence-corrected chi connectivity index (χ2v) is 7.20. The van der Waals surface area contributed by atoms with Crippen molar-refractivity contribution in [2.45, 2.75) is 33.5 Å². The lowest BCUT2D eigenvalue weighted by Gasteiger charge is -2.21. The number of esters is 1. The van der Waals surface area contributed by atoms with E-state index in [0.29, 0.717) is 28.1 Å². The van der Waals surface area contributed by atoms with E-state index in [1.54, 1.807) is 0 Å². The molecule has 2 aliphatic heterocycles. The first kappa shape index (κ1) is 18.3. The van der Waals surface area contributed by atoms with Gasteiger partial charge in [-0.2, -0.15) is 8.42 Å². The van der Waals surface area contributed by atoms with Crippen LogP contribution in [0.4, 0.5) is 4.39 Å². The summed E-state index contributed by atoms with van der Waals surface area (Å²) in [5.74, 6) is -0.629. The number of benzene rings is 1. The number of nitrogens with zero attached hydrogens (tertiary/aromatic N) is 1. The van der Waals surface area contributed by atoms with Crippen molar-refractivity contribution < 1.29 is 31.8 Å². The minimum atomic E-state index is -3.76. The first-order valence-corrected chi connectivity index (χ1v) is 9.16. The van der Waals surface area contributed by atoms with E-state index in [1.807, 2.05) is 0 Å². The van der Waals surface area contributed by atoms with E-state index >= 15 is 0 Å². The van der Waals surface area contributed by atoms with Gasteiger partial charge in [0.15, 0.2) is 6.79 Å². The molecule has 1 aromatic carbocycles. The molecule has 0 saturated heterocycles. The summed E-state index contributed by atoms with van der Waals surface area (Å²) in [4.78, 5) is 12.1. The summed E-state index contributed by atoms with van der Waals surface area (Å²) in [5.41, 5.74) is 1.93. The van der Waals surface area contributed by atoms with Crippen LogP contribution in [0.15, 0.2) is 27.8 Å². The molecule has 26 heavy (non-hydrogen) atoms. The number of rotatable bonds is 4. The highest BCUT2D eigenvalue weighted by molar-refractivity contribution is 7.88. The van der Waals surface area contributed by atoms with Gasteiger partial charge in [-0.05, 0) is 26.0 Å². The Morgan fingerprint density at radius 1 is 1.38 bits per heavy atom. The van der Waals surface area contributed by atoms with Crippen LogP contribution in [-0.2, 0) is 37.7 Å². The number of hydrogen-bond donors (Lipinski definition) is 1. The van der Waals surface area contributed by atoms with Gasteiger partial charge < -0.3 is 14.2 Å². The molecule has 0 atom stereocenters. The molecule has 1 aromatic rings. The third-order valence-electron chi connectivity index (χ3n) is 3.89. The third kappa shape index (κ3) is 4.02. The molecule has 8 nitrogen and oxygen atoms in total. The standard InChI is InChI=1S/C16H17FN2O6S/c1-9-14(10(2)19-26(21,22)18-9)5-15(20)24-7-12-4-13(17)3-11-6-23-8-25-16(11)12/h3-4,18H,5-8H2,1-2H3. The topological polar surface area (TPSA) is 103 Å². The van der Waals surface area contributed by atoms with Crippen molar-refractivity contribution in [3.05, 3.63) is 40.3 Å². The molecule has 0 aliphatic carbocycles. The number of halogens is 1. The summed E-state index contributed by atoms with van der Waals surface area (Å²) in [6.07, 6.45) is -0.162. The average molecular weight is 384 g/mol. The maximum absolute atomic E-state index is 13.7. The van der Waals surface area contributed by atoms with Crippen molar-refractivity contribution in [3.63, 3.8) is 0 Å². The molecule has 2 heterocycles. The molecule has 0 spiro atoms. The number of ether oxygens (including phenoxy) is 3. The normalized spacial score (nSPS) is 18.3. The van der Waals surface area contributed by atoms with Crippen LogP contribution >= 0.6 is 0 Å². The van der Waals surface area contributed by atoms with Crippen LogP contribution in [-0.4, -0.2) is 26.9 Å². The molecule has 0 aromatic heterocycles. The van der Waals surface area contributed by atoms with Crippen LogP contribution < -0.4 is 9.46 Å². The minimum absolute atomic E-state index is 0.0431. The van der Waals surface area contributed by atoms with E-state index in [1.165, 1.54) is 26.0 Å². The molecule has 0 amide bonds. The van der Waals surface area contributed by atoms with Gasteiger partial charge in [0.2, 0.25) is 0 Å². The summed E-state index contributed by atoms with van der Waals surface area (Å²) >= 11 is 0. The van der Waals surface area contributed by atoms with E-state index in [9.17, 15) is 17.6 Å². The Morgan fingerprint density at radius 2 is 2.15 bits per heavy atom. The Balaban J connectivity index is 1.69. The molecule has 1 N–H and O–H groups in total. The molecule has 3 rings (SSSR count). The highest BCUT2D eigenvalue weighted by Crippen LogP contribution is 2.30. The van der Waals surface area contributed by atoms with Gasteiger partial charge in [0.25, 0.3) is 0 Å². The van der Waals surface area contributed by atoms with Crippen molar-refractivity contribution in [1.29, 1.82) is 0 Å². The summed E-state index contributed by atoms with van der Waals surface area (Å²) in [5, 5.41) is 0. The highest BCUT2D eigenvalue weighted by atomic mass is 32.2. The van der Waals surface area contributed by atoms with E-state index in [0.717, 1.165) is 0 Å². The summed E-state index contributed by atoms with van der Waals surface area (Å²) < 4.78 is 58.1. The third-order valence-corrected chi connectivity index (χ3v) is 4.97. The van der Waals surface area contributed by atoms with Crippen LogP contribution in [0.2, 0.25) is 0 Å². The first-order valence-electron chi connectivity index (χ1n) is 7.72. The Bertz CT molecular complexity index is 923. The summed E-state index contributed by atoms with van der Waals surface area (Å²) in [6, 6.07) is 2.55. The molecular weight excluding hydrogens is 367 g/mol. The quantitative estimate of drug-likeness (QED) is 0.793. The largest absolute Gasteiger partial charge is 0.467 e. The number of fused-ring (bicyclic) bond motifs is 1. The predicted octanol–water partition coefficient (Wildman–Crippen LogP) is 1.71. The second-order valence-electron chi connectivity index (χ2n) is 5.86. The number of hydrogen-bond acceptors (Lipinski definition) is 6. The number of allylic oxidation sites excluding steroid dienone is 1. The van der Waals surface area contributed by atoms with E-state index in [2.05, 4.69) is 9.12 Å². The van der Waals surface area contributed by atoms with Crippen molar-refractivity contribution >= 4 is 21.9 Å².